The van der Waals surface area contributed by atoms with E-state index < -0.39 is 0 Å². The van der Waals surface area contributed by atoms with Crippen molar-refractivity contribution in [3.8, 4) is 5.88 Å². The maximum atomic E-state index is 5.62. The predicted octanol–water partition coefficient (Wildman–Crippen LogP) is 0.822. The Morgan fingerprint density at radius 3 is 2.93 bits per heavy atom. The van der Waals surface area contributed by atoms with E-state index >= 15 is 0 Å². The number of pyridine rings is 2. The summed E-state index contributed by atoms with van der Waals surface area (Å²) in [4.78, 5) is 8.24. The van der Waals surface area contributed by atoms with Gasteiger partial charge in [-0.15, -0.1) is 0 Å². The minimum atomic E-state index is 0.604. The highest BCUT2D eigenvalue weighted by atomic mass is 16.5. The number of rotatable bonds is 2. The van der Waals surface area contributed by atoms with E-state index in [2.05, 4.69) is 9.97 Å². The highest BCUT2D eigenvalue weighted by molar-refractivity contribution is 6.32. The van der Waals surface area contributed by atoms with Crippen LogP contribution >= 0.6 is 0 Å². The molecule has 2 aromatic rings. The first-order valence-corrected chi connectivity index (χ1v) is 4.43. The lowest BCUT2D eigenvalue weighted by atomic mass is 9.97. The number of hydrogen-bond donors (Lipinski definition) is 0. The van der Waals surface area contributed by atoms with Crippen LogP contribution in [0.25, 0.3) is 10.9 Å². The molecule has 14 heavy (non-hydrogen) atoms. The Morgan fingerprint density at radius 1 is 1.29 bits per heavy atom. The van der Waals surface area contributed by atoms with Crippen LogP contribution in [0.4, 0.5) is 0 Å². The summed E-state index contributed by atoms with van der Waals surface area (Å²) in [7, 11) is 5.62. The molecule has 0 aliphatic rings. The lowest BCUT2D eigenvalue weighted by Crippen LogP contribution is -2.03. The van der Waals surface area contributed by atoms with Crippen molar-refractivity contribution in [1.29, 1.82) is 0 Å². The third-order valence-electron chi connectivity index (χ3n) is 1.86. The second kappa shape index (κ2) is 3.66. The number of fused-ring (bicyclic) bond motifs is 1. The van der Waals surface area contributed by atoms with E-state index in [1.165, 1.54) is 0 Å². The molecule has 2 aromatic heterocycles. The number of nitrogens with zero attached hydrogens (tertiary/aromatic N) is 2. The third kappa shape index (κ3) is 1.69. The lowest BCUT2D eigenvalue weighted by molar-refractivity contribution is 0.327. The molecular formula is C10H9BN2O. The van der Waals surface area contributed by atoms with Gasteiger partial charge in [0.05, 0.1) is 18.3 Å². The number of hydrogen-bond acceptors (Lipinski definition) is 3. The molecule has 2 radical (unpaired) electrons. The summed E-state index contributed by atoms with van der Waals surface area (Å²) >= 11 is 0. The fraction of sp³-hybridized carbons (Fsp3) is 0.200. The third-order valence-corrected chi connectivity index (χ3v) is 1.86. The van der Waals surface area contributed by atoms with Gasteiger partial charge in [0.2, 0.25) is 5.88 Å². The molecule has 0 unspecified atom stereocenters. The first kappa shape index (κ1) is 9.00. The quantitative estimate of drug-likeness (QED) is 0.648. The van der Waals surface area contributed by atoms with E-state index in [9.17, 15) is 0 Å². The van der Waals surface area contributed by atoms with Crippen LogP contribution in [0.2, 0.25) is 0 Å². The van der Waals surface area contributed by atoms with Gasteiger partial charge < -0.3 is 4.74 Å². The second-order valence-electron chi connectivity index (χ2n) is 2.92. The molecular weight excluding hydrogens is 175 g/mol. The Labute approximate surface area is 83.5 Å². The molecule has 0 bridgehead atoms. The van der Waals surface area contributed by atoms with Crippen molar-refractivity contribution in [2.75, 3.05) is 6.61 Å². The zero-order valence-electron chi connectivity index (χ0n) is 7.90. The molecule has 0 saturated heterocycles. The van der Waals surface area contributed by atoms with Crippen LogP contribution < -0.4 is 10.2 Å². The van der Waals surface area contributed by atoms with Crippen LogP contribution in [0.15, 0.2) is 24.5 Å². The van der Waals surface area contributed by atoms with Crippen molar-refractivity contribution in [1.82, 2.24) is 9.97 Å². The van der Waals surface area contributed by atoms with Crippen molar-refractivity contribution in [3.05, 3.63) is 24.5 Å². The van der Waals surface area contributed by atoms with Crippen LogP contribution in [-0.2, 0) is 0 Å². The molecule has 0 atom stereocenters. The summed E-state index contributed by atoms with van der Waals surface area (Å²) in [5.41, 5.74) is 1.47. The standard InChI is InChI=1S/C10H9BN2O/c1-2-14-10-4-7-3-8(11)5-12-9(7)6-13-10/h3-6H,2H2,1H3. The molecule has 2 rings (SSSR count). The Hall–Kier alpha value is -1.58. The first-order chi connectivity index (χ1) is 6.79. The minimum Gasteiger partial charge on any atom is -0.478 e. The average molecular weight is 184 g/mol. The van der Waals surface area contributed by atoms with Crippen LogP contribution in [-0.4, -0.2) is 24.4 Å². The van der Waals surface area contributed by atoms with Crippen LogP contribution in [0, 0.1) is 0 Å². The summed E-state index contributed by atoms with van der Waals surface area (Å²) in [6.07, 6.45) is 3.30. The normalized spacial score (nSPS) is 10.4. The molecule has 2 heterocycles. The average Bonchev–Trinajstić information content (AvgIpc) is 2.17. The molecule has 68 valence electrons. The highest BCUT2D eigenvalue weighted by Crippen LogP contribution is 2.14. The molecule has 0 saturated carbocycles. The predicted molar refractivity (Wildman–Crippen MR) is 56.1 cm³/mol. The second-order valence-corrected chi connectivity index (χ2v) is 2.92. The smallest absolute Gasteiger partial charge is 0.213 e. The summed E-state index contributed by atoms with van der Waals surface area (Å²) < 4.78 is 5.27. The van der Waals surface area contributed by atoms with Gasteiger partial charge >= 0.3 is 0 Å². The molecule has 3 nitrogen and oxygen atoms in total. The molecule has 0 aliphatic heterocycles. The summed E-state index contributed by atoms with van der Waals surface area (Å²) in [6, 6.07) is 3.69. The SMILES string of the molecule is [B]c1cnc2cnc(OCC)cc2c1. The lowest BCUT2D eigenvalue weighted by Gasteiger charge is -2.03. The Balaban J connectivity index is 2.52. The fourth-order valence-electron chi connectivity index (χ4n) is 1.25. The van der Waals surface area contributed by atoms with E-state index in [1.54, 1.807) is 12.4 Å². The fourth-order valence-corrected chi connectivity index (χ4v) is 1.25. The van der Waals surface area contributed by atoms with E-state index in [-0.39, 0.29) is 0 Å². The van der Waals surface area contributed by atoms with Gasteiger partial charge in [0.15, 0.2) is 0 Å². The van der Waals surface area contributed by atoms with E-state index in [1.807, 2.05) is 19.1 Å². The monoisotopic (exact) mass is 184 g/mol. The molecule has 0 N–H and O–H groups in total. The topological polar surface area (TPSA) is 35.0 Å². The first-order valence-electron chi connectivity index (χ1n) is 4.43. The highest BCUT2D eigenvalue weighted by Gasteiger charge is 1.98. The Bertz CT molecular complexity index is 459. The zero-order chi connectivity index (χ0) is 9.97. The molecule has 4 heteroatoms. The van der Waals surface area contributed by atoms with Gasteiger partial charge in [0.1, 0.15) is 7.85 Å². The van der Waals surface area contributed by atoms with Crippen molar-refractivity contribution in [2.24, 2.45) is 0 Å². The van der Waals surface area contributed by atoms with Crippen molar-refractivity contribution >= 4 is 24.2 Å². The minimum absolute atomic E-state index is 0.604. The number of aromatic nitrogens is 2. The molecule has 0 aliphatic carbocycles. The van der Waals surface area contributed by atoms with Crippen LogP contribution in [0.1, 0.15) is 6.92 Å². The van der Waals surface area contributed by atoms with Crippen molar-refractivity contribution < 1.29 is 4.74 Å². The van der Waals surface area contributed by atoms with Gasteiger partial charge in [-0.25, -0.2) is 4.98 Å². The summed E-state index contributed by atoms with van der Waals surface area (Å²) in [5, 5.41) is 0.948. The van der Waals surface area contributed by atoms with E-state index in [4.69, 9.17) is 12.6 Å². The van der Waals surface area contributed by atoms with Crippen LogP contribution in [0.5, 0.6) is 5.88 Å². The van der Waals surface area contributed by atoms with Gasteiger partial charge in [-0.05, 0) is 6.92 Å². The van der Waals surface area contributed by atoms with E-state index in [0.29, 0.717) is 17.9 Å². The molecule has 0 fully saturated rings. The van der Waals surface area contributed by atoms with Crippen molar-refractivity contribution in [2.45, 2.75) is 6.92 Å². The number of ether oxygens (including phenoxy) is 1. The van der Waals surface area contributed by atoms with Gasteiger partial charge in [0.25, 0.3) is 0 Å². The molecule has 0 spiro atoms. The molecule has 0 amide bonds. The molecule has 0 aromatic carbocycles. The Morgan fingerprint density at radius 2 is 2.14 bits per heavy atom. The van der Waals surface area contributed by atoms with Crippen molar-refractivity contribution in [3.63, 3.8) is 0 Å². The van der Waals surface area contributed by atoms with E-state index in [0.717, 1.165) is 10.9 Å². The maximum absolute atomic E-state index is 5.62. The summed E-state index contributed by atoms with van der Waals surface area (Å²) in [6.45, 7) is 2.53. The van der Waals surface area contributed by atoms with Gasteiger partial charge in [0, 0.05) is 17.6 Å². The van der Waals surface area contributed by atoms with Gasteiger partial charge in [-0.3, -0.25) is 4.98 Å². The summed E-state index contributed by atoms with van der Waals surface area (Å²) in [5.74, 6) is 0.604. The zero-order valence-corrected chi connectivity index (χ0v) is 7.90. The largest absolute Gasteiger partial charge is 0.478 e. The van der Waals surface area contributed by atoms with Gasteiger partial charge in [-0.1, -0.05) is 11.5 Å². The maximum Gasteiger partial charge on any atom is 0.213 e. The van der Waals surface area contributed by atoms with Crippen LogP contribution in [0.3, 0.4) is 0 Å². The van der Waals surface area contributed by atoms with Gasteiger partial charge in [-0.2, -0.15) is 0 Å². The Kier molecular flexibility index (Phi) is 2.35.